The molecule has 70 valence electrons. The van der Waals surface area contributed by atoms with E-state index >= 15 is 0 Å². The second-order valence-corrected chi connectivity index (χ2v) is 4.06. The van der Waals surface area contributed by atoms with Crippen molar-refractivity contribution in [1.29, 1.82) is 0 Å². The van der Waals surface area contributed by atoms with Crippen molar-refractivity contribution in [2.45, 2.75) is 32.3 Å². The van der Waals surface area contributed by atoms with Gasteiger partial charge in [-0.3, -0.25) is 4.90 Å². The minimum Gasteiger partial charge on any atom is -0.389 e. The fraction of sp³-hybridized carbons (Fsp3) is 0.800. The van der Waals surface area contributed by atoms with Crippen LogP contribution in [0.4, 0.5) is 0 Å². The van der Waals surface area contributed by atoms with Crippen LogP contribution in [0.2, 0.25) is 0 Å². The molecule has 2 nitrogen and oxygen atoms in total. The highest BCUT2D eigenvalue weighted by Crippen LogP contribution is 2.20. The summed E-state index contributed by atoms with van der Waals surface area (Å²) in [5, 5.41) is 9.68. The van der Waals surface area contributed by atoms with Crippen LogP contribution in [0.1, 0.15) is 26.7 Å². The van der Waals surface area contributed by atoms with Gasteiger partial charge in [-0.25, -0.2) is 0 Å². The van der Waals surface area contributed by atoms with Gasteiger partial charge in [-0.15, -0.1) is 0 Å². The summed E-state index contributed by atoms with van der Waals surface area (Å²) in [4.78, 5) is 2.27. The van der Waals surface area contributed by atoms with E-state index in [9.17, 15) is 5.11 Å². The van der Waals surface area contributed by atoms with Gasteiger partial charge in [-0.2, -0.15) is 0 Å². The first kappa shape index (κ1) is 9.75. The second kappa shape index (κ2) is 3.58. The zero-order valence-electron chi connectivity index (χ0n) is 8.14. The van der Waals surface area contributed by atoms with Gasteiger partial charge >= 0.3 is 0 Å². The van der Waals surface area contributed by atoms with Crippen molar-refractivity contribution in [3.05, 3.63) is 12.2 Å². The van der Waals surface area contributed by atoms with E-state index in [1.807, 2.05) is 6.92 Å². The maximum Gasteiger partial charge on any atom is 0.0758 e. The van der Waals surface area contributed by atoms with E-state index in [0.717, 1.165) is 32.5 Å². The SMILES string of the molecule is C=C(CC)CN1CCC(C)(O)C1. The summed E-state index contributed by atoms with van der Waals surface area (Å²) in [6.45, 7) is 10.7. The Morgan fingerprint density at radius 3 is 2.75 bits per heavy atom. The molecule has 0 radical (unpaired) electrons. The molecule has 1 heterocycles. The monoisotopic (exact) mass is 169 g/mol. The van der Waals surface area contributed by atoms with Crippen molar-refractivity contribution in [3.63, 3.8) is 0 Å². The third-order valence-electron chi connectivity index (χ3n) is 2.48. The molecular formula is C10H19NO. The van der Waals surface area contributed by atoms with Crippen LogP contribution in [-0.2, 0) is 0 Å². The fourth-order valence-electron chi connectivity index (χ4n) is 1.60. The maximum atomic E-state index is 9.68. The highest BCUT2D eigenvalue weighted by molar-refractivity contribution is 4.99. The van der Waals surface area contributed by atoms with Gasteiger partial charge in [0.2, 0.25) is 0 Å². The molecule has 2 heteroatoms. The van der Waals surface area contributed by atoms with Crippen LogP contribution in [0.3, 0.4) is 0 Å². The van der Waals surface area contributed by atoms with Crippen molar-refractivity contribution in [3.8, 4) is 0 Å². The van der Waals surface area contributed by atoms with Crippen LogP contribution in [0.15, 0.2) is 12.2 Å². The number of nitrogens with zero attached hydrogens (tertiary/aromatic N) is 1. The highest BCUT2D eigenvalue weighted by atomic mass is 16.3. The minimum absolute atomic E-state index is 0.464. The molecule has 0 aromatic rings. The molecule has 12 heavy (non-hydrogen) atoms. The van der Waals surface area contributed by atoms with Crippen molar-refractivity contribution >= 4 is 0 Å². The lowest BCUT2D eigenvalue weighted by Gasteiger charge is -2.19. The molecule has 1 rings (SSSR count). The fourth-order valence-corrected chi connectivity index (χ4v) is 1.60. The topological polar surface area (TPSA) is 23.5 Å². The van der Waals surface area contributed by atoms with E-state index in [1.54, 1.807) is 0 Å². The Bertz CT molecular complexity index is 175. The van der Waals surface area contributed by atoms with Gasteiger partial charge in [0.15, 0.2) is 0 Å². The van der Waals surface area contributed by atoms with Gasteiger partial charge in [0.05, 0.1) is 5.60 Å². The summed E-state index contributed by atoms with van der Waals surface area (Å²) in [5.41, 5.74) is 0.793. The number of hydrogen-bond acceptors (Lipinski definition) is 2. The van der Waals surface area contributed by atoms with Crippen LogP contribution < -0.4 is 0 Å². The Balaban J connectivity index is 2.33. The Labute approximate surface area is 74.9 Å². The lowest BCUT2D eigenvalue weighted by molar-refractivity contribution is 0.0699. The zero-order valence-corrected chi connectivity index (χ0v) is 8.14. The molecule has 0 bridgehead atoms. The Morgan fingerprint density at radius 1 is 1.67 bits per heavy atom. The maximum absolute atomic E-state index is 9.68. The van der Waals surface area contributed by atoms with Crippen molar-refractivity contribution in [2.24, 2.45) is 0 Å². The summed E-state index contributed by atoms with van der Waals surface area (Å²) in [6.07, 6.45) is 1.93. The van der Waals surface area contributed by atoms with E-state index in [2.05, 4.69) is 18.4 Å². The van der Waals surface area contributed by atoms with E-state index in [-0.39, 0.29) is 0 Å². The molecule has 1 unspecified atom stereocenters. The average molecular weight is 169 g/mol. The van der Waals surface area contributed by atoms with E-state index < -0.39 is 5.60 Å². The third kappa shape index (κ3) is 2.61. The summed E-state index contributed by atoms with van der Waals surface area (Å²) >= 11 is 0. The first-order valence-corrected chi connectivity index (χ1v) is 4.65. The molecule has 0 spiro atoms. The predicted molar refractivity (Wildman–Crippen MR) is 51.1 cm³/mol. The van der Waals surface area contributed by atoms with Crippen molar-refractivity contribution in [2.75, 3.05) is 19.6 Å². The van der Waals surface area contributed by atoms with E-state index in [0.29, 0.717) is 0 Å². The highest BCUT2D eigenvalue weighted by Gasteiger charge is 2.30. The van der Waals surface area contributed by atoms with Gasteiger partial charge < -0.3 is 5.11 Å². The standard InChI is InChI=1S/C10H19NO/c1-4-9(2)7-11-6-5-10(3,12)8-11/h12H,2,4-8H2,1,3H3. The molecule has 1 N–H and O–H groups in total. The number of rotatable bonds is 3. The van der Waals surface area contributed by atoms with Crippen LogP contribution in [0, 0.1) is 0 Å². The first-order valence-electron chi connectivity index (χ1n) is 4.65. The number of aliphatic hydroxyl groups is 1. The first-order chi connectivity index (χ1) is 5.53. The lowest BCUT2D eigenvalue weighted by atomic mass is 10.1. The van der Waals surface area contributed by atoms with Crippen LogP contribution in [0.25, 0.3) is 0 Å². The Morgan fingerprint density at radius 2 is 2.33 bits per heavy atom. The molecule has 1 saturated heterocycles. The summed E-state index contributed by atoms with van der Waals surface area (Å²) < 4.78 is 0. The second-order valence-electron chi connectivity index (χ2n) is 4.06. The smallest absolute Gasteiger partial charge is 0.0758 e. The largest absolute Gasteiger partial charge is 0.389 e. The molecule has 1 fully saturated rings. The molecule has 0 aromatic heterocycles. The number of β-amino-alcohol motifs (C(OH)–C–C–N with tert-alkyl or cyclic N) is 1. The average Bonchev–Trinajstić information content (AvgIpc) is 2.30. The zero-order chi connectivity index (χ0) is 9.19. The number of hydrogen-bond donors (Lipinski definition) is 1. The van der Waals surface area contributed by atoms with Crippen molar-refractivity contribution in [1.82, 2.24) is 4.90 Å². The van der Waals surface area contributed by atoms with Gasteiger partial charge in [-0.1, -0.05) is 19.1 Å². The Kier molecular flexibility index (Phi) is 2.91. The van der Waals surface area contributed by atoms with Gasteiger partial charge in [0.25, 0.3) is 0 Å². The molecule has 1 aliphatic rings. The molecule has 0 amide bonds. The minimum atomic E-state index is -0.464. The van der Waals surface area contributed by atoms with Gasteiger partial charge in [0, 0.05) is 19.6 Å². The summed E-state index contributed by atoms with van der Waals surface area (Å²) in [7, 11) is 0. The molecule has 1 aliphatic heterocycles. The third-order valence-corrected chi connectivity index (χ3v) is 2.48. The molecule has 1 atom stereocenters. The normalized spacial score (nSPS) is 30.9. The summed E-state index contributed by atoms with van der Waals surface area (Å²) in [5.74, 6) is 0. The molecule has 0 aliphatic carbocycles. The number of likely N-dealkylation sites (tertiary alicyclic amines) is 1. The molecule has 0 aromatic carbocycles. The molecule has 0 saturated carbocycles. The quantitative estimate of drug-likeness (QED) is 0.646. The van der Waals surface area contributed by atoms with E-state index in [1.165, 1.54) is 5.57 Å². The predicted octanol–water partition coefficient (Wildman–Crippen LogP) is 1.41. The van der Waals surface area contributed by atoms with Crippen LogP contribution in [-0.4, -0.2) is 35.2 Å². The molecular weight excluding hydrogens is 150 g/mol. The van der Waals surface area contributed by atoms with Gasteiger partial charge in [-0.05, 0) is 19.8 Å². The Hall–Kier alpha value is -0.340. The van der Waals surface area contributed by atoms with Crippen LogP contribution >= 0.6 is 0 Å². The van der Waals surface area contributed by atoms with E-state index in [4.69, 9.17) is 0 Å². The van der Waals surface area contributed by atoms with Crippen molar-refractivity contribution < 1.29 is 5.11 Å². The summed E-state index contributed by atoms with van der Waals surface area (Å²) in [6, 6.07) is 0. The van der Waals surface area contributed by atoms with Gasteiger partial charge in [0.1, 0.15) is 0 Å². The van der Waals surface area contributed by atoms with Crippen LogP contribution in [0.5, 0.6) is 0 Å². The lowest BCUT2D eigenvalue weighted by Crippen LogP contribution is -2.30.